The van der Waals surface area contributed by atoms with Gasteiger partial charge in [0.1, 0.15) is 5.84 Å². The van der Waals surface area contributed by atoms with Crippen LogP contribution in [0.4, 0.5) is 18.9 Å². The quantitative estimate of drug-likeness (QED) is 0.651. The first-order valence-corrected chi connectivity index (χ1v) is 5.54. The molecule has 0 unspecified atom stereocenters. The van der Waals surface area contributed by atoms with Crippen LogP contribution in [0.5, 0.6) is 0 Å². The third-order valence-electron chi connectivity index (χ3n) is 2.51. The summed E-state index contributed by atoms with van der Waals surface area (Å²) < 4.78 is 38.5. The molecule has 0 bridgehead atoms. The summed E-state index contributed by atoms with van der Waals surface area (Å²) in [5, 5.41) is 0. The average molecular weight is 264 g/mol. The molecule has 0 spiro atoms. The van der Waals surface area contributed by atoms with Crippen LogP contribution in [0.25, 0.3) is 0 Å². The fourth-order valence-corrected chi connectivity index (χ4v) is 1.66. The van der Waals surface area contributed by atoms with Gasteiger partial charge in [0.15, 0.2) is 0 Å². The van der Waals surface area contributed by atoms with E-state index in [-0.39, 0.29) is 11.4 Å². The fourth-order valence-electron chi connectivity index (χ4n) is 1.66. The Bertz CT molecular complexity index is 589. The Balaban J connectivity index is 2.45. The number of benzene rings is 2. The number of nitrogens with zero attached hydrogens (tertiary/aromatic N) is 1. The van der Waals surface area contributed by atoms with E-state index < -0.39 is 11.7 Å². The van der Waals surface area contributed by atoms with E-state index in [9.17, 15) is 13.2 Å². The SMILES string of the molecule is NC(=Nc1ccccc1)c1ccccc1C(F)(F)F. The summed E-state index contributed by atoms with van der Waals surface area (Å²) in [5.41, 5.74) is 5.29. The standard InChI is InChI=1S/C14H11F3N2/c15-14(16,17)12-9-5-4-8-11(12)13(18)19-10-6-2-1-3-7-10/h1-9H,(H2,18,19). The van der Waals surface area contributed by atoms with Crippen LogP contribution in [0.3, 0.4) is 0 Å². The molecular weight excluding hydrogens is 253 g/mol. The molecule has 0 aromatic heterocycles. The van der Waals surface area contributed by atoms with Gasteiger partial charge in [-0.25, -0.2) is 4.99 Å². The van der Waals surface area contributed by atoms with E-state index in [4.69, 9.17) is 5.73 Å². The summed E-state index contributed by atoms with van der Waals surface area (Å²) in [6.07, 6.45) is -4.45. The van der Waals surface area contributed by atoms with Gasteiger partial charge in [0.25, 0.3) is 0 Å². The Hall–Kier alpha value is -2.30. The van der Waals surface area contributed by atoms with Gasteiger partial charge in [-0.1, -0.05) is 36.4 Å². The van der Waals surface area contributed by atoms with Crippen molar-refractivity contribution in [1.82, 2.24) is 0 Å². The van der Waals surface area contributed by atoms with Crippen molar-refractivity contribution < 1.29 is 13.2 Å². The van der Waals surface area contributed by atoms with E-state index in [2.05, 4.69) is 4.99 Å². The lowest BCUT2D eigenvalue weighted by atomic mass is 10.1. The first-order valence-electron chi connectivity index (χ1n) is 5.54. The minimum absolute atomic E-state index is 0.112. The molecule has 0 aliphatic carbocycles. The van der Waals surface area contributed by atoms with Crippen LogP contribution < -0.4 is 5.73 Å². The van der Waals surface area contributed by atoms with Gasteiger partial charge >= 0.3 is 6.18 Å². The van der Waals surface area contributed by atoms with E-state index in [0.717, 1.165) is 6.07 Å². The maximum absolute atomic E-state index is 12.8. The zero-order valence-corrected chi connectivity index (χ0v) is 9.85. The second kappa shape index (κ2) is 5.14. The lowest BCUT2D eigenvalue weighted by Gasteiger charge is -2.11. The van der Waals surface area contributed by atoms with Crippen molar-refractivity contribution in [2.45, 2.75) is 6.18 Å². The predicted molar refractivity (Wildman–Crippen MR) is 68.3 cm³/mol. The van der Waals surface area contributed by atoms with Crippen molar-refractivity contribution >= 4 is 11.5 Å². The molecule has 98 valence electrons. The van der Waals surface area contributed by atoms with Crippen LogP contribution in [0.2, 0.25) is 0 Å². The van der Waals surface area contributed by atoms with Gasteiger partial charge in [0.05, 0.1) is 11.3 Å². The van der Waals surface area contributed by atoms with Crippen molar-refractivity contribution in [2.75, 3.05) is 0 Å². The molecule has 0 fully saturated rings. The highest BCUT2D eigenvalue weighted by Crippen LogP contribution is 2.32. The van der Waals surface area contributed by atoms with Crippen LogP contribution in [0.15, 0.2) is 59.6 Å². The lowest BCUT2D eigenvalue weighted by molar-refractivity contribution is -0.137. The molecule has 0 atom stereocenters. The van der Waals surface area contributed by atoms with Gasteiger partial charge in [-0.3, -0.25) is 0 Å². The first-order chi connectivity index (χ1) is 8.98. The molecule has 0 saturated heterocycles. The normalized spacial score (nSPS) is 12.5. The average Bonchev–Trinajstić information content (AvgIpc) is 2.39. The Morgan fingerprint density at radius 3 is 2.11 bits per heavy atom. The maximum atomic E-state index is 12.8. The molecule has 2 rings (SSSR count). The molecule has 5 heteroatoms. The second-order valence-corrected chi connectivity index (χ2v) is 3.88. The Morgan fingerprint density at radius 1 is 0.895 bits per heavy atom. The van der Waals surface area contributed by atoms with Gasteiger partial charge in [0, 0.05) is 5.56 Å². The van der Waals surface area contributed by atoms with E-state index >= 15 is 0 Å². The highest BCUT2D eigenvalue weighted by molar-refractivity contribution is 6.00. The van der Waals surface area contributed by atoms with Crippen LogP contribution in [0, 0.1) is 0 Å². The number of alkyl halides is 3. The number of para-hydroxylation sites is 1. The summed E-state index contributed by atoms with van der Waals surface area (Å²) in [5.74, 6) is -0.154. The Kier molecular flexibility index (Phi) is 3.55. The zero-order chi connectivity index (χ0) is 13.9. The minimum Gasteiger partial charge on any atom is -0.383 e. The number of halogens is 3. The number of hydrogen-bond acceptors (Lipinski definition) is 1. The predicted octanol–water partition coefficient (Wildman–Crippen LogP) is 3.74. The Labute approximate surface area is 108 Å². The number of hydrogen-bond donors (Lipinski definition) is 1. The van der Waals surface area contributed by atoms with Crippen LogP contribution in [-0.4, -0.2) is 5.84 Å². The zero-order valence-electron chi connectivity index (χ0n) is 9.85. The molecule has 2 N–H and O–H groups in total. The molecule has 0 heterocycles. The molecule has 0 saturated carbocycles. The summed E-state index contributed by atoms with van der Waals surface area (Å²) >= 11 is 0. The highest BCUT2D eigenvalue weighted by Gasteiger charge is 2.33. The van der Waals surface area contributed by atoms with Gasteiger partial charge in [-0.15, -0.1) is 0 Å². The van der Waals surface area contributed by atoms with Crippen molar-refractivity contribution in [3.8, 4) is 0 Å². The molecule has 0 radical (unpaired) electrons. The summed E-state index contributed by atoms with van der Waals surface area (Å²) in [7, 11) is 0. The van der Waals surface area contributed by atoms with E-state index in [0.29, 0.717) is 5.69 Å². The van der Waals surface area contributed by atoms with Gasteiger partial charge in [-0.2, -0.15) is 13.2 Å². The van der Waals surface area contributed by atoms with Gasteiger partial charge < -0.3 is 5.73 Å². The van der Waals surface area contributed by atoms with Gasteiger partial charge in [-0.05, 0) is 18.2 Å². The number of nitrogens with two attached hydrogens (primary N) is 1. The fraction of sp³-hybridized carbons (Fsp3) is 0.0714. The summed E-state index contributed by atoms with van der Waals surface area (Å²) in [6.45, 7) is 0. The summed E-state index contributed by atoms with van der Waals surface area (Å²) in [6, 6.07) is 13.7. The minimum atomic E-state index is -4.45. The van der Waals surface area contributed by atoms with Crippen molar-refractivity contribution in [1.29, 1.82) is 0 Å². The third kappa shape index (κ3) is 3.13. The smallest absolute Gasteiger partial charge is 0.383 e. The number of rotatable bonds is 2. The van der Waals surface area contributed by atoms with Crippen molar-refractivity contribution in [3.05, 3.63) is 65.7 Å². The molecule has 2 aromatic rings. The molecule has 19 heavy (non-hydrogen) atoms. The third-order valence-corrected chi connectivity index (χ3v) is 2.51. The Morgan fingerprint density at radius 2 is 1.47 bits per heavy atom. The summed E-state index contributed by atoms with van der Waals surface area (Å²) in [4.78, 5) is 4.00. The van der Waals surface area contributed by atoms with Crippen LogP contribution in [-0.2, 0) is 6.18 Å². The molecule has 0 aliphatic rings. The largest absolute Gasteiger partial charge is 0.417 e. The highest BCUT2D eigenvalue weighted by atomic mass is 19.4. The molecular formula is C14H11F3N2. The molecule has 0 aliphatic heterocycles. The number of aliphatic imine (C=N–C) groups is 1. The van der Waals surface area contributed by atoms with Crippen LogP contribution >= 0.6 is 0 Å². The van der Waals surface area contributed by atoms with Crippen molar-refractivity contribution in [2.24, 2.45) is 10.7 Å². The molecule has 0 amide bonds. The van der Waals surface area contributed by atoms with Gasteiger partial charge in [0.2, 0.25) is 0 Å². The lowest BCUT2D eigenvalue weighted by Crippen LogP contribution is -2.19. The van der Waals surface area contributed by atoms with Crippen LogP contribution in [0.1, 0.15) is 11.1 Å². The molecule has 2 aromatic carbocycles. The maximum Gasteiger partial charge on any atom is 0.417 e. The van der Waals surface area contributed by atoms with Crippen molar-refractivity contribution in [3.63, 3.8) is 0 Å². The van der Waals surface area contributed by atoms with E-state index in [1.807, 2.05) is 0 Å². The van der Waals surface area contributed by atoms with E-state index in [1.54, 1.807) is 30.3 Å². The molecule has 2 nitrogen and oxygen atoms in total. The topological polar surface area (TPSA) is 38.4 Å². The first kappa shape index (κ1) is 13.1. The second-order valence-electron chi connectivity index (χ2n) is 3.88. The van der Waals surface area contributed by atoms with E-state index in [1.165, 1.54) is 18.2 Å². The monoisotopic (exact) mass is 264 g/mol. The number of amidine groups is 1.